The van der Waals surface area contributed by atoms with Crippen LogP contribution >= 0.6 is 0 Å². The maximum absolute atomic E-state index is 2.68. The number of para-hydroxylation sites is 2. The summed E-state index contributed by atoms with van der Waals surface area (Å²) in [7, 11) is -1.93. The van der Waals surface area contributed by atoms with Gasteiger partial charge in [-0.15, -0.1) is 0 Å². The van der Waals surface area contributed by atoms with Gasteiger partial charge in [0.25, 0.3) is 6.71 Å². The third-order valence-corrected chi connectivity index (χ3v) is 16.9. The molecule has 5 heteroatoms. The molecule has 1 aliphatic carbocycles. The molecule has 0 fully saturated rings. The SMILES string of the molecule is CC(C)(C)c1ccc(N2c3cc(N(c4ccccc4)c4ccccc4)ccc3B3c4cc(C(C)(C)C)ccc4N(c4cccc5c4C(C)(C)c4ccccc4-5)c4cc([Si](C)(C)C)cc2c43)cc1. The fraction of sp³-hybridized carbons (Fsp3) is 0.226. The van der Waals surface area contributed by atoms with Crippen LogP contribution in [0.3, 0.4) is 0 Å². The van der Waals surface area contributed by atoms with E-state index in [1.807, 2.05) is 0 Å². The van der Waals surface area contributed by atoms with Crippen LogP contribution in [-0.2, 0) is 16.2 Å². The van der Waals surface area contributed by atoms with Crippen molar-refractivity contribution in [3.63, 3.8) is 0 Å². The molecule has 0 saturated heterocycles. The van der Waals surface area contributed by atoms with Crippen LogP contribution in [-0.4, -0.2) is 14.8 Å². The van der Waals surface area contributed by atoms with Gasteiger partial charge in [0.05, 0.1) is 13.8 Å². The molecule has 8 aromatic rings. The van der Waals surface area contributed by atoms with Crippen LogP contribution < -0.4 is 36.3 Å². The average Bonchev–Trinajstić information content (AvgIpc) is 3.54. The van der Waals surface area contributed by atoms with Gasteiger partial charge in [-0.1, -0.05) is 183 Å². The Morgan fingerprint density at radius 3 is 1.67 bits per heavy atom. The van der Waals surface area contributed by atoms with E-state index in [9.17, 15) is 0 Å². The quantitative estimate of drug-likeness (QED) is 0.154. The van der Waals surface area contributed by atoms with Crippen LogP contribution in [0, 0.1) is 0 Å². The Morgan fingerprint density at radius 1 is 0.463 bits per heavy atom. The number of nitrogens with zero attached hydrogens (tertiary/aromatic N) is 3. The Morgan fingerprint density at radius 2 is 1.04 bits per heavy atom. The summed E-state index contributed by atoms with van der Waals surface area (Å²) >= 11 is 0. The monoisotopic (exact) mass is 887 g/mol. The zero-order chi connectivity index (χ0) is 46.8. The third-order valence-electron chi connectivity index (χ3n) is 14.9. The molecule has 2 aliphatic heterocycles. The summed E-state index contributed by atoms with van der Waals surface area (Å²) in [6, 6.07) is 67.1. The highest BCUT2D eigenvalue weighted by atomic mass is 28.3. The van der Waals surface area contributed by atoms with Gasteiger partial charge in [-0.05, 0) is 133 Å². The van der Waals surface area contributed by atoms with Gasteiger partial charge in [0.15, 0.2) is 0 Å². The zero-order valence-electron chi connectivity index (χ0n) is 41.2. The lowest BCUT2D eigenvalue weighted by atomic mass is 9.33. The zero-order valence-corrected chi connectivity index (χ0v) is 42.2. The van der Waals surface area contributed by atoms with Gasteiger partial charge in [-0.3, -0.25) is 0 Å². The molecular formula is C62H62BN3Si. The molecule has 0 atom stereocenters. The Labute approximate surface area is 400 Å². The summed E-state index contributed by atoms with van der Waals surface area (Å²) in [5.41, 5.74) is 22.8. The standard InChI is InChI=1S/C62H62BN3Si/c1-60(2,3)41-29-32-45(33-30-41)65-55-38-46(64(43-21-14-12-15-22-43)44-23-16-13-17-24-44)34-35-51(55)63-52-37-42(61(4,5)6)31-36-53(52)66(57-40-47(67(9,10)11)39-56(65)59(57)63)54-28-20-26-49-48-25-18-19-27-50(48)62(7,8)58(49)54/h12-40H,1-11H3. The molecule has 0 spiro atoms. The predicted molar refractivity (Wildman–Crippen MR) is 293 cm³/mol. The largest absolute Gasteiger partial charge is 0.311 e. The van der Waals surface area contributed by atoms with Crippen molar-refractivity contribution in [1.29, 1.82) is 0 Å². The fourth-order valence-corrected chi connectivity index (χ4v) is 12.4. The van der Waals surface area contributed by atoms with E-state index in [1.54, 1.807) is 0 Å². The highest BCUT2D eigenvalue weighted by Gasteiger charge is 2.47. The Balaban J connectivity index is 1.25. The molecular weight excluding hydrogens is 826 g/mol. The maximum atomic E-state index is 2.68. The molecule has 3 aliphatic rings. The van der Waals surface area contributed by atoms with E-state index < -0.39 is 8.07 Å². The molecule has 11 rings (SSSR count). The second kappa shape index (κ2) is 15.2. The smallest absolute Gasteiger partial charge is 0.252 e. The average molecular weight is 888 g/mol. The van der Waals surface area contributed by atoms with E-state index in [4.69, 9.17) is 0 Å². The van der Waals surface area contributed by atoms with Crippen LogP contribution in [0.15, 0.2) is 176 Å². The fourth-order valence-electron chi connectivity index (χ4n) is 11.3. The van der Waals surface area contributed by atoms with Crippen molar-refractivity contribution in [2.45, 2.75) is 91.3 Å². The number of hydrogen-bond acceptors (Lipinski definition) is 3. The van der Waals surface area contributed by atoms with Gasteiger partial charge < -0.3 is 14.7 Å². The highest BCUT2D eigenvalue weighted by molar-refractivity contribution is 7.00. The first-order valence-electron chi connectivity index (χ1n) is 24.2. The molecule has 0 radical (unpaired) electrons. The Kier molecular flexibility index (Phi) is 9.79. The highest BCUT2D eigenvalue weighted by Crippen LogP contribution is 2.55. The van der Waals surface area contributed by atoms with Crippen molar-refractivity contribution in [3.05, 3.63) is 198 Å². The van der Waals surface area contributed by atoms with E-state index in [0.717, 1.165) is 17.1 Å². The van der Waals surface area contributed by atoms with Gasteiger partial charge in [0.2, 0.25) is 0 Å². The number of hydrogen-bond donors (Lipinski definition) is 0. The first-order chi connectivity index (χ1) is 31.9. The maximum Gasteiger partial charge on any atom is 0.252 e. The lowest BCUT2D eigenvalue weighted by Gasteiger charge is -2.46. The summed E-state index contributed by atoms with van der Waals surface area (Å²) in [5, 5.41) is 1.45. The first-order valence-corrected chi connectivity index (χ1v) is 27.7. The topological polar surface area (TPSA) is 9.72 Å². The lowest BCUT2D eigenvalue weighted by molar-refractivity contribution is 0.590. The Hall–Kier alpha value is -6.56. The van der Waals surface area contributed by atoms with Crippen LogP contribution in [0.25, 0.3) is 11.1 Å². The van der Waals surface area contributed by atoms with Gasteiger partial charge in [0, 0.05) is 50.9 Å². The van der Waals surface area contributed by atoms with Crippen LogP contribution in [0.2, 0.25) is 19.6 Å². The summed E-state index contributed by atoms with van der Waals surface area (Å²) in [6.07, 6.45) is 0. The lowest BCUT2D eigenvalue weighted by Crippen LogP contribution is -2.62. The predicted octanol–water partition coefficient (Wildman–Crippen LogP) is 14.7. The van der Waals surface area contributed by atoms with Crippen molar-refractivity contribution in [2.75, 3.05) is 14.7 Å². The summed E-state index contributed by atoms with van der Waals surface area (Å²) in [6.45, 7) is 26.3. The molecule has 0 aromatic heterocycles. The second-order valence-electron chi connectivity index (χ2n) is 22.7. The van der Waals surface area contributed by atoms with Crippen molar-refractivity contribution in [1.82, 2.24) is 0 Å². The van der Waals surface area contributed by atoms with E-state index in [1.165, 1.54) is 89.1 Å². The molecule has 0 bridgehead atoms. The van der Waals surface area contributed by atoms with Crippen LogP contribution in [0.4, 0.5) is 51.2 Å². The molecule has 3 nitrogen and oxygen atoms in total. The summed E-state index contributed by atoms with van der Waals surface area (Å²) in [5.74, 6) is 0. The molecule has 0 saturated carbocycles. The van der Waals surface area contributed by atoms with Gasteiger partial charge >= 0.3 is 0 Å². The first kappa shape index (κ1) is 43.0. The molecule has 2 heterocycles. The molecule has 67 heavy (non-hydrogen) atoms. The summed E-state index contributed by atoms with van der Waals surface area (Å²) in [4.78, 5) is 7.70. The second-order valence-corrected chi connectivity index (χ2v) is 27.8. The van der Waals surface area contributed by atoms with Gasteiger partial charge in [-0.2, -0.15) is 0 Å². The number of benzene rings is 8. The minimum atomic E-state index is -1.93. The van der Waals surface area contributed by atoms with Crippen molar-refractivity contribution < 1.29 is 0 Å². The Bertz CT molecular complexity index is 3190. The van der Waals surface area contributed by atoms with E-state index in [0.29, 0.717) is 0 Å². The van der Waals surface area contributed by atoms with Crippen molar-refractivity contribution >= 4 is 87.5 Å². The molecule has 332 valence electrons. The number of fused-ring (bicyclic) bond motifs is 7. The minimum absolute atomic E-state index is 0.00717. The molecule has 0 unspecified atom stereocenters. The van der Waals surface area contributed by atoms with Gasteiger partial charge in [0.1, 0.15) is 0 Å². The normalized spacial score (nSPS) is 14.5. The van der Waals surface area contributed by atoms with Crippen LogP contribution in [0.5, 0.6) is 0 Å². The third kappa shape index (κ3) is 6.91. The van der Waals surface area contributed by atoms with E-state index in [2.05, 4.69) is 266 Å². The van der Waals surface area contributed by atoms with Crippen LogP contribution in [0.1, 0.15) is 77.6 Å². The van der Waals surface area contributed by atoms with E-state index in [-0.39, 0.29) is 23.0 Å². The number of anilines is 9. The van der Waals surface area contributed by atoms with Crippen molar-refractivity contribution in [2.24, 2.45) is 0 Å². The van der Waals surface area contributed by atoms with Gasteiger partial charge in [-0.25, -0.2) is 0 Å². The number of rotatable bonds is 6. The van der Waals surface area contributed by atoms with Crippen molar-refractivity contribution in [3.8, 4) is 11.1 Å². The molecule has 0 amide bonds. The van der Waals surface area contributed by atoms with E-state index >= 15 is 0 Å². The minimum Gasteiger partial charge on any atom is -0.311 e. The summed E-state index contributed by atoms with van der Waals surface area (Å²) < 4.78 is 0. The molecule has 0 N–H and O–H groups in total. The molecule has 8 aromatic carbocycles.